The molecule has 1 saturated carbocycles. The van der Waals surface area contributed by atoms with Crippen molar-refractivity contribution in [1.82, 2.24) is 19.9 Å². The van der Waals surface area contributed by atoms with Gasteiger partial charge in [-0.3, -0.25) is 14.6 Å². The number of hydrogen-bond acceptors (Lipinski definition) is 4. The molecule has 1 atom stereocenters. The summed E-state index contributed by atoms with van der Waals surface area (Å²) >= 11 is 0. The molecular weight excluding hydrogens is 340 g/mol. The van der Waals surface area contributed by atoms with Gasteiger partial charge in [-0.25, -0.2) is 4.98 Å². The van der Waals surface area contributed by atoms with Gasteiger partial charge < -0.3 is 9.88 Å². The minimum Gasteiger partial charge on any atom is -0.342 e. The van der Waals surface area contributed by atoms with Crippen LogP contribution in [0.1, 0.15) is 56.7 Å². The van der Waals surface area contributed by atoms with Gasteiger partial charge in [-0.15, -0.1) is 0 Å². The summed E-state index contributed by atoms with van der Waals surface area (Å²) in [6, 6.07) is 5.23. The molecule has 4 rings (SSSR count). The Labute approximate surface area is 159 Å². The molecule has 2 aliphatic rings. The summed E-state index contributed by atoms with van der Waals surface area (Å²) in [5.74, 6) is 1.26. The van der Waals surface area contributed by atoms with E-state index in [1.807, 2.05) is 17.0 Å². The number of carbonyl (C=O) groups excluding carboxylic acids is 1. The maximum Gasteiger partial charge on any atom is 0.251 e. The molecule has 1 N–H and O–H groups in total. The van der Waals surface area contributed by atoms with Gasteiger partial charge in [0, 0.05) is 48.9 Å². The second-order valence-electron chi connectivity index (χ2n) is 7.71. The number of likely N-dealkylation sites (tertiary alicyclic amines) is 1. The van der Waals surface area contributed by atoms with Gasteiger partial charge in [0.05, 0.1) is 5.69 Å². The molecule has 2 aromatic rings. The molecule has 2 aromatic heterocycles. The Morgan fingerprint density at radius 3 is 2.63 bits per heavy atom. The Morgan fingerprint density at radius 1 is 1.07 bits per heavy atom. The van der Waals surface area contributed by atoms with Crippen LogP contribution < -0.4 is 5.56 Å². The van der Waals surface area contributed by atoms with Crippen LogP contribution in [0.25, 0.3) is 11.3 Å². The van der Waals surface area contributed by atoms with Crippen molar-refractivity contribution in [2.75, 3.05) is 13.1 Å². The van der Waals surface area contributed by atoms with Crippen molar-refractivity contribution in [3.05, 3.63) is 46.8 Å². The van der Waals surface area contributed by atoms with E-state index in [-0.39, 0.29) is 17.4 Å². The number of piperidine rings is 1. The summed E-state index contributed by atoms with van der Waals surface area (Å²) in [6.07, 6.45) is 10.9. The SMILES string of the molecule is O=C(C1CCCCC1)N1CCC[C@H](c2nc(-c3ccncc3)cc(=O)[nH]2)C1. The Bertz CT molecular complexity index is 843. The van der Waals surface area contributed by atoms with Crippen molar-refractivity contribution >= 4 is 5.91 Å². The Balaban J connectivity index is 1.53. The Hall–Kier alpha value is -2.50. The maximum atomic E-state index is 12.9. The molecule has 1 saturated heterocycles. The van der Waals surface area contributed by atoms with Crippen molar-refractivity contribution in [3.63, 3.8) is 0 Å². The highest BCUT2D eigenvalue weighted by molar-refractivity contribution is 5.79. The smallest absolute Gasteiger partial charge is 0.251 e. The summed E-state index contributed by atoms with van der Waals surface area (Å²) in [5, 5.41) is 0. The van der Waals surface area contributed by atoms with Crippen LogP contribution in [0.15, 0.2) is 35.4 Å². The van der Waals surface area contributed by atoms with Gasteiger partial charge in [0.15, 0.2) is 0 Å². The average molecular weight is 366 g/mol. The molecule has 1 amide bonds. The van der Waals surface area contributed by atoms with Crippen LogP contribution in [0.2, 0.25) is 0 Å². The molecule has 0 radical (unpaired) electrons. The standard InChI is InChI=1S/C21H26N4O2/c26-19-13-18(15-8-10-22-11-9-15)23-20(24-19)17-7-4-12-25(14-17)21(27)16-5-2-1-3-6-16/h8-11,13,16-17H,1-7,12,14H2,(H,23,24,26)/t17-/m0/s1. The summed E-state index contributed by atoms with van der Waals surface area (Å²) in [6.45, 7) is 1.47. The number of aromatic nitrogens is 3. The molecular formula is C21H26N4O2. The molecule has 1 aliphatic carbocycles. The number of carbonyl (C=O) groups is 1. The van der Waals surface area contributed by atoms with Crippen LogP contribution in [0.3, 0.4) is 0 Å². The lowest BCUT2D eigenvalue weighted by Crippen LogP contribution is -2.43. The van der Waals surface area contributed by atoms with E-state index in [4.69, 9.17) is 4.98 Å². The van der Waals surface area contributed by atoms with E-state index in [0.717, 1.165) is 50.6 Å². The first-order valence-corrected chi connectivity index (χ1v) is 10.0. The predicted molar refractivity (Wildman–Crippen MR) is 103 cm³/mol. The van der Waals surface area contributed by atoms with Crippen LogP contribution in [0.4, 0.5) is 0 Å². The van der Waals surface area contributed by atoms with Gasteiger partial charge in [0.1, 0.15) is 5.82 Å². The third kappa shape index (κ3) is 4.10. The second kappa shape index (κ2) is 8.03. The molecule has 3 heterocycles. The molecule has 1 aliphatic heterocycles. The van der Waals surface area contributed by atoms with Gasteiger partial charge in [-0.1, -0.05) is 19.3 Å². The van der Waals surface area contributed by atoms with Crippen molar-refractivity contribution in [3.8, 4) is 11.3 Å². The number of aromatic amines is 1. The van der Waals surface area contributed by atoms with Crippen LogP contribution in [-0.2, 0) is 4.79 Å². The number of rotatable bonds is 3. The summed E-state index contributed by atoms with van der Waals surface area (Å²) < 4.78 is 0. The molecule has 6 heteroatoms. The van der Waals surface area contributed by atoms with Gasteiger partial charge >= 0.3 is 0 Å². The van der Waals surface area contributed by atoms with Crippen LogP contribution in [-0.4, -0.2) is 38.8 Å². The molecule has 0 aromatic carbocycles. The largest absolute Gasteiger partial charge is 0.342 e. The summed E-state index contributed by atoms with van der Waals surface area (Å²) in [5.41, 5.74) is 1.39. The van der Waals surface area contributed by atoms with E-state index in [9.17, 15) is 9.59 Å². The molecule has 0 unspecified atom stereocenters. The van der Waals surface area contributed by atoms with E-state index < -0.39 is 0 Å². The number of nitrogens with one attached hydrogen (secondary N) is 1. The number of hydrogen-bond donors (Lipinski definition) is 1. The number of H-pyrrole nitrogens is 1. The van der Waals surface area contributed by atoms with E-state index in [0.29, 0.717) is 24.0 Å². The van der Waals surface area contributed by atoms with Gasteiger partial charge in [-0.2, -0.15) is 0 Å². The van der Waals surface area contributed by atoms with Crippen molar-refractivity contribution in [2.24, 2.45) is 5.92 Å². The normalized spacial score (nSPS) is 21.2. The molecule has 27 heavy (non-hydrogen) atoms. The Kier molecular flexibility index (Phi) is 5.32. The highest BCUT2D eigenvalue weighted by Gasteiger charge is 2.31. The van der Waals surface area contributed by atoms with E-state index in [1.165, 1.54) is 12.5 Å². The van der Waals surface area contributed by atoms with Crippen molar-refractivity contribution < 1.29 is 4.79 Å². The topological polar surface area (TPSA) is 79.0 Å². The fraction of sp³-hybridized carbons (Fsp3) is 0.524. The molecule has 142 valence electrons. The highest BCUT2D eigenvalue weighted by Crippen LogP contribution is 2.30. The lowest BCUT2D eigenvalue weighted by atomic mass is 9.87. The Morgan fingerprint density at radius 2 is 1.85 bits per heavy atom. The summed E-state index contributed by atoms with van der Waals surface area (Å²) in [7, 11) is 0. The number of amides is 1. The van der Waals surface area contributed by atoms with Crippen LogP contribution >= 0.6 is 0 Å². The first-order chi connectivity index (χ1) is 13.2. The number of nitrogens with zero attached hydrogens (tertiary/aromatic N) is 3. The molecule has 0 spiro atoms. The molecule has 6 nitrogen and oxygen atoms in total. The van der Waals surface area contributed by atoms with Gasteiger partial charge in [0.25, 0.3) is 5.56 Å². The first-order valence-electron chi connectivity index (χ1n) is 10.0. The van der Waals surface area contributed by atoms with E-state index in [2.05, 4.69) is 9.97 Å². The monoisotopic (exact) mass is 366 g/mol. The fourth-order valence-corrected chi connectivity index (χ4v) is 4.35. The minimum atomic E-state index is -0.150. The number of pyridine rings is 1. The second-order valence-corrected chi connectivity index (χ2v) is 7.71. The minimum absolute atomic E-state index is 0.0841. The zero-order valence-corrected chi connectivity index (χ0v) is 15.6. The predicted octanol–water partition coefficient (Wildman–Crippen LogP) is 3.12. The highest BCUT2D eigenvalue weighted by atomic mass is 16.2. The first kappa shape index (κ1) is 17.9. The fourth-order valence-electron chi connectivity index (χ4n) is 4.35. The maximum absolute atomic E-state index is 12.9. The van der Waals surface area contributed by atoms with Crippen LogP contribution in [0, 0.1) is 5.92 Å². The lowest BCUT2D eigenvalue weighted by Gasteiger charge is -2.35. The zero-order chi connectivity index (χ0) is 18.6. The lowest BCUT2D eigenvalue weighted by molar-refractivity contribution is -0.137. The third-order valence-corrected chi connectivity index (χ3v) is 5.81. The molecule has 2 fully saturated rings. The summed E-state index contributed by atoms with van der Waals surface area (Å²) in [4.78, 5) is 38.8. The average Bonchev–Trinajstić information content (AvgIpc) is 2.74. The van der Waals surface area contributed by atoms with E-state index in [1.54, 1.807) is 12.4 Å². The van der Waals surface area contributed by atoms with Gasteiger partial charge in [-0.05, 0) is 37.8 Å². The van der Waals surface area contributed by atoms with Crippen molar-refractivity contribution in [2.45, 2.75) is 50.9 Å². The molecule has 0 bridgehead atoms. The van der Waals surface area contributed by atoms with Gasteiger partial charge in [0.2, 0.25) is 5.91 Å². The quantitative estimate of drug-likeness (QED) is 0.905. The van der Waals surface area contributed by atoms with Crippen LogP contribution in [0.5, 0.6) is 0 Å². The van der Waals surface area contributed by atoms with Crippen molar-refractivity contribution in [1.29, 1.82) is 0 Å². The zero-order valence-electron chi connectivity index (χ0n) is 15.6. The van der Waals surface area contributed by atoms with E-state index >= 15 is 0 Å². The third-order valence-electron chi connectivity index (χ3n) is 5.81.